The summed E-state index contributed by atoms with van der Waals surface area (Å²) in [6, 6.07) is 0. The van der Waals surface area contributed by atoms with Crippen LogP contribution in [0.1, 0.15) is 6.42 Å². The van der Waals surface area contributed by atoms with Gasteiger partial charge in [-0.2, -0.15) is 0 Å². The third-order valence-electron chi connectivity index (χ3n) is 2.72. The van der Waals surface area contributed by atoms with Crippen LogP contribution in [-0.4, -0.2) is 54.5 Å². The van der Waals surface area contributed by atoms with Gasteiger partial charge in [0.05, 0.1) is 18.8 Å². The van der Waals surface area contributed by atoms with Gasteiger partial charge in [-0.05, 0) is 6.42 Å². The van der Waals surface area contributed by atoms with Crippen molar-refractivity contribution in [2.45, 2.75) is 12.0 Å². The molecule has 2 aliphatic rings. The van der Waals surface area contributed by atoms with Crippen molar-refractivity contribution in [3.63, 3.8) is 0 Å². The van der Waals surface area contributed by atoms with Gasteiger partial charge in [-0.25, -0.2) is 4.79 Å². The molecule has 5 heteroatoms. The highest BCUT2D eigenvalue weighted by Crippen LogP contribution is 2.26. The second-order valence-electron chi connectivity index (χ2n) is 3.66. The van der Waals surface area contributed by atoms with Crippen LogP contribution in [0.2, 0.25) is 0 Å². The molecule has 2 fully saturated rings. The zero-order chi connectivity index (χ0) is 9.31. The molecule has 0 bridgehead atoms. The lowest BCUT2D eigenvalue weighted by molar-refractivity contribution is -0.0561. The molecule has 2 N–H and O–H groups in total. The molecule has 0 aromatic carbocycles. The van der Waals surface area contributed by atoms with Crippen LogP contribution >= 0.6 is 0 Å². The number of rotatable bonds is 0. The molecule has 1 atom stereocenters. The minimum Gasteiger partial charge on any atom is -0.465 e. The van der Waals surface area contributed by atoms with Crippen molar-refractivity contribution >= 4 is 6.09 Å². The minimum absolute atomic E-state index is 0.239. The summed E-state index contributed by atoms with van der Waals surface area (Å²) in [5.41, 5.74) is -0.239. The molecular formula is C8H14N2O3. The fraction of sp³-hybridized carbons (Fsp3) is 0.875. The van der Waals surface area contributed by atoms with E-state index in [4.69, 9.17) is 9.84 Å². The van der Waals surface area contributed by atoms with E-state index in [1.165, 1.54) is 4.90 Å². The second kappa shape index (κ2) is 3.16. The van der Waals surface area contributed by atoms with Gasteiger partial charge in [0, 0.05) is 19.6 Å². The Balaban J connectivity index is 1.98. The SMILES string of the molecule is O=C(O)N1CCC2(CNCCO2)C1. The molecule has 0 saturated carbocycles. The van der Waals surface area contributed by atoms with Gasteiger partial charge in [-0.3, -0.25) is 0 Å². The zero-order valence-corrected chi connectivity index (χ0v) is 7.45. The predicted octanol–water partition coefficient (Wildman–Crippen LogP) is -0.271. The summed E-state index contributed by atoms with van der Waals surface area (Å²) in [6.45, 7) is 3.44. The largest absolute Gasteiger partial charge is 0.465 e. The maximum absolute atomic E-state index is 10.7. The average Bonchev–Trinajstić information content (AvgIpc) is 2.51. The molecule has 2 aliphatic heterocycles. The number of nitrogens with one attached hydrogen (secondary N) is 1. The van der Waals surface area contributed by atoms with Gasteiger partial charge in [0.15, 0.2) is 0 Å². The van der Waals surface area contributed by atoms with Crippen LogP contribution in [-0.2, 0) is 4.74 Å². The molecule has 1 unspecified atom stereocenters. The van der Waals surface area contributed by atoms with E-state index in [0.29, 0.717) is 19.7 Å². The summed E-state index contributed by atoms with van der Waals surface area (Å²) in [7, 11) is 0. The highest BCUT2D eigenvalue weighted by atomic mass is 16.5. The lowest BCUT2D eigenvalue weighted by Crippen LogP contribution is -2.51. The van der Waals surface area contributed by atoms with E-state index in [9.17, 15) is 4.79 Å². The maximum atomic E-state index is 10.7. The average molecular weight is 186 g/mol. The molecule has 1 amide bonds. The molecule has 0 radical (unpaired) electrons. The van der Waals surface area contributed by atoms with Gasteiger partial charge in [0.2, 0.25) is 0 Å². The fourth-order valence-corrected chi connectivity index (χ4v) is 1.98. The number of carboxylic acid groups (broad SMARTS) is 1. The van der Waals surface area contributed by atoms with E-state index in [1.54, 1.807) is 0 Å². The first-order chi connectivity index (χ1) is 6.22. The number of hydrogen-bond acceptors (Lipinski definition) is 3. The molecule has 1 spiro atoms. The molecule has 2 heterocycles. The zero-order valence-electron chi connectivity index (χ0n) is 7.45. The van der Waals surface area contributed by atoms with Crippen molar-refractivity contribution in [2.24, 2.45) is 0 Å². The number of morpholine rings is 1. The highest BCUT2D eigenvalue weighted by molar-refractivity contribution is 5.65. The van der Waals surface area contributed by atoms with E-state index >= 15 is 0 Å². The fourth-order valence-electron chi connectivity index (χ4n) is 1.98. The molecule has 74 valence electrons. The molecule has 0 aromatic heterocycles. The Hall–Kier alpha value is -0.810. The Kier molecular flexibility index (Phi) is 2.13. The summed E-state index contributed by atoms with van der Waals surface area (Å²) < 4.78 is 5.64. The Morgan fingerprint density at radius 1 is 1.62 bits per heavy atom. The third-order valence-corrected chi connectivity index (χ3v) is 2.72. The van der Waals surface area contributed by atoms with E-state index in [0.717, 1.165) is 19.5 Å². The molecule has 13 heavy (non-hydrogen) atoms. The number of nitrogens with zero attached hydrogens (tertiary/aromatic N) is 1. The van der Waals surface area contributed by atoms with Crippen molar-refractivity contribution in [1.82, 2.24) is 10.2 Å². The number of hydrogen-bond donors (Lipinski definition) is 2. The quantitative estimate of drug-likeness (QED) is 0.546. The van der Waals surface area contributed by atoms with E-state index < -0.39 is 6.09 Å². The van der Waals surface area contributed by atoms with Crippen molar-refractivity contribution in [3.05, 3.63) is 0 Å². The van der Waals surface area contributed by atoms with E-state index in [-0.39, 0.29) is 5.60 Å². The molecule has 2 saturated heterocycles. The van der Waals surface area contributed by atoms with Crippen LogP contribution in [0.3, 0.4) is 0 Å². The van der Waals surface area contributed by atoms with Crippen LogP contribution in [0.5, 0.6) is 0 Å². The minimum atomic E-state index is -0.842. The lowest BCUT2D eigenvalue weighted by Gasteiger charge is -2.33. The van der Waals surface area contributed by atoms with E-state index in [1.807, 2.05) is 0 Å². The van der Waals surface area contributed by atoms with Crippen molar-refractivity contribution in [2.75, 3.05) is 32.8 Å². The summed E-state index contributed by atoms with van der Waals surface area (Å²) in [6.07, 6.45) is -0.0298. The molecule has 5 nitrogen and oxygen atoms in total. The standard InChI is InChI=1S/C8H14N2O3/c11-7(12)10-3-1-8(6-10)5-9-2-4-13-8/h9H,1-6H2,(H,11,12). The predicted molar refractivity (Wildman–Crippen MR) is 45.8 cm³/mol. The summed E-state index contributed by atoms with van der Waals surface area (Å²) in [5, 5.41) is 12.0. The monoisotopic (exact) mass is 186 g/mol. The Labute approximate surface area is 76.7 Å². The van der Waals surface area contributed by atoms with Crippen LogP contribution in [0.15, 0.2) is 0 Å². The van der Waals surface area contributed by atoms with E-state index in [2.05, 4.69) is 5.32 Å². The molecule has 0 aliphatic carbocycles. The lowest BCUT2D eigenvalue weighted by atomic mass is 10.0. The van der Waals surface area contributed by atoms with Gasteiger partial charge in [-0.15, -0.1) is 0 Å². The van der Waals surface area contributed by atoms with Gasteiger partial charge in [0.25, 0.3) is 0 Å². The first-order valence-corrected chi connectivity index (χ1v) is 4.54. The topological polar surface area (TPSA) is 61.8 Å². The van der Waals surface area contributed by atoms with Crippen molar-refractivity contribution in [1.29, 1.82) is 0 Å². The summed E-state index contributed by atoms with van der Waals surface area (Å²) >= 11 is 0. The number of amides is 1. The van der Waals surface area contributed by atoms with Gasteiger partial charge in [-0.1, -0.05) is 0 Å². The summed E-state index contributed by atoms with van der Waals surface area (Å²) in [5.74, 6) is 0. The first kappa shape index (κ1) is 8.77. The van der Waals surface area contributed by atoms with Crippen molar-refractivity contribution in [3.8, 4) is 0 Å². The Bertz CT molecular complexity index is 213. The van der Waals surface area contributed by atoms with Crippen LogP contribution in [0.4, 0.5) is 4.79 Å². The van der Waals surface area contributed by atoms with Gasteiger partial charge >= 0.3 is 6.09 Å². The van der Waals surface area contributed by atoms with Gasteiger partial charge in [0.1, 0.15) is 0 Å². The third kappa shape index (κ3) is 1.62. The number of carbonyl (C=O) groups is 1. The maximum Gasteiger partial charge on any atom is 0.407 e. The van der Waals surface area contributed by atoms with Crippen LogP contribution in [0, 0.1) is 0 Å². The number of ether oxygens (including phenoxy) is 1. The molecule has 0 aromatic rings. The number of likely N-dealkylation sites (tertiary alicyclic amines) is 1. The van der Waals surface area contributed by atoms with Crippen molar-refractivity contribution < 1.29 is 14.6 Å². The molecular weight excluding hydrogens is 172 g/mol. The smallest absolute Gasteiger partial charge is 0.407 e. The second-order valence-corrected chi connectivity index (χ2v) is 3.66. The normalized spacial score (nSPS) is 34.0. The first-order valence-electron chi connectivity index (χ1n) is 4.54. The van der Waals surface area contributed by atoms with Gasteiger partial charge < -0.3 is 20.1 Å². The van der Waals surface area contributed by atoms with Crippen LogP contribution < -0.4 is 5.32 Å². The highest BCUT2D eigenvalue weighted by Gasteiger charge is 2.41. The summed E-state index contributed by atoms with van der Waals surface area (Å²) in [4.78, 5) is 12.1. The Morgan fingerprint density at radius 3 is 3.00 bits per heavy atom. The molecule has 2 rings (SSSR count). The Morgan fingerprint density at radius 2 is 2.46 bits per heavy atom. The van der Waals surface area contributed by atoms with Crippen LogP contribution in [0.25, 0.3) is 0 Å².